The van der Waals surface area contributed by atoms with Gasteiger partial charge in [-0.1, -0.05) is 0 Å². The predicted molar refractivity (Wildman–Crippen MR) is 78.0 cm³/mol. The molecule has 4 nitrogen and oxygen atoms in total. The number of nitrogen functional groups attached to an aromatic ring is 1. The van der Waals surface area contributed by atoms with Crippen LogP contribution in [0.1, 0.15) is 5.56 Å². The topological polar surface area (TPSA) is 44.5 Å². The quantitative estimate of drug-likeness (QED) is 0.787. The summed E-state index contributed by atoms with van der Waals surface area (Å²) >= 11 is 0. The first-order chi connectivity index (χ1) is 8.65. The van der Waals surface area contributed by atoms with Gasteiger partial charge in [0.1, 0.15) is 0 Å². The first-order valence-electron chi connectivity index (χ1n) is 6.66. The van der Waals surface area contributed by atoms with E-state index < -0.39 is 0 Å². The molecule has 0 aliphatic carbocycles. The fraction of sp³-hybridized carbons (Fsp3) is 0.571. The van der Waals surface area contributed by atoms with Gasteiger partial charge in [-0.15, -0.1) is 0 Å². The number of benzene rings is 1. The van der Waals surface area contributed by atoms with Gasteiger partial charge in [-0.25, -0.2) is 0 Å². The van der Waals surface area contributed by atoms with Gasteiger partial charge in [0.15, 0.2) is 0 Å². The molecule has 0 atom stereocenters. The van der Waals surface area contributed by atoms with Gasteiger partial charge in [0.05, 0.1) is 0 Å². The molecule has 3 N–H and O–H groups in total. The third-order valence-corrected chi connectivity index (χ3v) is 3.62. The lowest BCUT2D eigenvalue weighted by Crippen LogP contribution is -2.45. The number of hydrogen-bond donors (Lipinski definition) is 2. The number of piperazine rings is 1. The molecule has 4 heteroatoms. The summed E-state index contributed by atoms with van der Waals surface area (Å²) in [6, 6.07) is 6.12. The summed E-state index contributed by atoms with van der Waals surface area (Å²) in [4.78, 5) is 4.89. The molecule has 0 amide bonds. The average molecular weight is 248 g/mol. The molecule has 1 saturated heterocycles. The van der Waals surface area contributed by atoms with Crippen molar-refractivity contribution in [3.8, 4) is 0 Å². The highest BCUT2D eigenvalue weighted by atomic mass is 15.2. The minimum Gasteiger partial charge on any atom is -0.399 e. The van der Waals surface area contributed by atoms with Crippen molar-refractivity contribution in [1.82, 2.24) is 9.80 Å². The third-order valence-electron chi connectivity index (χ3n) is 3.62. The Bertz CT molecular complexity index is 383. The summed E-state index contributed by atoms with van der Waals surface area (Å²) in [6.07, 6.45) is 0. The zero-order valence-electron chi connectivity index (χ0n) is 11.4. The SMILES string of the molecule is Cc1cc(NCCN2CCN(C)CC2)ccc1N. The fourth-order valence-electron chi connectivity index (χ4n) is 2.22. The second-order valence-electron chi connectivity index (χ2n) is 5.14. The van der Waals surface area contributed by atoms with Gasteiger partial charge >= 0.3 is 0 Å². The Morgan fingerprint density at radius 2 is 1.94 bits per heavy atom. The Labute approximate surface area is 110 Å². The van der Waals surface area contributed by atoms with Gasteiger partial charge < -0.3 is 16.0 Å². The van der Waals surface area contributed by atoms with E-state index >= 15 is 0 Å². The van der Waals surface area contributed by atoms with E-state index in [0.717, 1.165) is 30.0 Å². The lowest BCUT2D eigenvalue weighted by Gasteiger charge is -2.32. The molecule has 0 saturated carbocycles. The van der Waals surface area contributed by atoms with Crippen LogP contribution in [0.25, 0.3) is 0 Å². The summed E-state index contributed by atoms with van der Waals surface area (Å²) in [5, 5.41) is 3.46. The van der Waals surface area contributed by atoms with Gasteiger partial charge in [-0.2, -0.15) is 0 Å². The van der Waals surface area contributed by atoms with Crippen LogP contribution in [0.2, 0.25) is 0 Å². The van der Waals surface area contributed by atoms with Crippen molar-refractivity contribution in [2.75, 3.05) is 57.4 Å². The van der Waals surface area contributed by atoms with E-state index in [2.05, 4.69) is 28.2 Å². The van der Waals surface area contributed by atoms with E-state index in [9.17, 15) is 0 Å². The van der Waals surface area contributed by atoms with Crippen LogP contribution in [-0.4, -0.2) is 56.1 Å². The minimum absolute atomic E-state index is 0.861. The number of hydrogen-bond acceptors (Lipinski definition) is 4. The number of nitrogens with two attached hydrogens (primary N) is 1. The summed E-state index contributed by atoms with van der Waals surface area (Å²) < 4.78 is 0. The minimum atomic E-state index is 0.861. The molecule has 0 aromatic heterocycles. The maximum Gasteiger partial charge on any atom is 0.0345 e. The summed E-state index contributed by atoms with van der Waals surface area (Å²) in [5.41, 5.74) is 8.97. The van der Waals surface area contributed by atoms with Crippen LogP contribution in [0, 0.1) is 6.92 Å². The van der Waals surface area contributed by atoms with E-state index in [1.165, 1.54) is 26.2 Å². The highest BCUT2D eigenvalue weighted by molar-refractivity contribution is 5.56. The standard InChI is InChI=1S/C14H24N4/c1-12-11-13(3-4-14(12)15)16-5-6-18-9-7-17(2)8-10-18/h3-4,11,16H,5-10,15H2,1-2H3. The van der Waals surface area contributed by atoms with Crippen LogP contribution in [-0.2, 0) is 0 Å². The highest BCUT2D eigenvalue weighted by Crippen LogP contribution is 2.16. The molecule has 1 heterocycles. The molecule has 18 heavy (non-hydrogen) atoms. The molecule has 0 spiro atoms. The summed E-state index contributed by atoms with van der Waals surface area (Å²) in [5.74, 6) is 0. The van der Waals surface area contributed by atoms with Gasteiger partial charge in [0.25, 0.3) is 0 Å². The monoisotopic (exact) mass is 248 g/mol. The average Bonchev–Trinajstić information content (AvgIpc) is 2.36. The lowest BCUT2D eigenvalue weighted by atomic mass is 10.2. The Morgan fingerprint density at radius 3 is 2.61 bits per heavy atom. The zero-order chi connectivity index (χ0) is 13.0. The fourth-order valence-corrected chi connectivity index (χ4v) is 2.22. The smallest absolute Gasteiger partial charge is 0.0345 e. The van der Waals surface area contributed by atoms with Crippen molar-refractivity contribution in [2.45, 2.75) is 6.92 Å². The van der Waals surface area contributed by atoms with E-state index in [1.807, 2.05) is 19.1 Å². The number of nitrogens with one attached hydrogen (secondary N) is 1. The maximum atomic E-state index is 5.81. The van der Waals surface area contributed by atoms with E-state index in [0.29, 0.717) is 0 Å². The molecule has 0 bridgehead atoms. The first kappa shape index (κ1) is 13.2. The molecular weight excluding hydrogens is 224 g/mol. The number of likely N-dealkylation sites (N-methyl/N-ethyl adjacent to an activating group) is 1. The molecule has 2 rings (SSSR count). The third kappa shape index (κ3) is 3.62. The van der Waals surface area contributed by atoms with Crippen LogP contribution in [0.4, 0.5) is 11.4 Å². The van der Waals surface area contributed by atoms with Crippen LogP contribution < -0.4 is 11.1 Å². The van der Waals surface area contributed by atoms with E-state index in [1.54, 1.807) is 0 Å². The number of rotatable bonds is 4. The molecule has 1 aromatic carbocycles. The molecule has 1 aliphatic rings. The molecule has 1 aliphatic heterocycles. The van der Waals surface area contributed by atoms with Crippen molar-refractivity contribution < 1.29 is 0 Å². The Morgan fingerprint density at radius 1 is 1.22 bits per heavy atom. The van der Waals surface area contributed by atoms with Gasteiger partial charge in [-0.3, -0.25) is 4.90 Å². The van der Waals surface area contributed by atoms with Crippen molar-refractivity contribution in [3.05, 3.63) is 23.8 Å². The zero-order valence-corrected chi connectivity index (χ0v) is 11.4. The summed E-state index contributed by atoms with van der Waals surface area (Å²) in [7, 11) is 2.19. The van der Waals surface area contributed by atoms with Crippen LogP contribution >= 0.6 is 0 Å². The van der Waals surface area contributed by atoms with Crippen LogP contribution in [0.3, 0.4) is 0 Å². The normalized spacial score (nSPS) is 17.9. The van der Waals surface area contributed by atoms with Gasteiger partial charge in [-0.05, 0) is 37.7 Å². The van der Waals surface area contributed by atoms with Gasteiger partial charge in [0, 0.05) is 50.6 Å². The van der Waals surface area contributed by atoms with Crippen LogP contribution in [0.5, 0.6) is 0 Å². The lowest BCUT2D eigenvalue weighted by molar-refractivity contribution is 0.158. The molecular formula is C14H24N4. The Balaban J connectivity index is 1.73. The van der Waals surface area contributed by atoms with E-state index in [-0.39, 0.29) is 0 Å². The Hall–Kier alpha value is -1.26. The highest BCUT2D eigenvalue weighted by Gasteiger charge is 2.12. The first-order valence-corrected chi connectivity index (χ1v) is 6.66. The summed E-state index contributed by atoms with van der Waals surface area (Å²) in [6.45, 7) is 8.87. The number of anilines is 2. The molecule has 1 fully saturated rings. The van der Waals surface area contributed by atoms with Crippen molar-refractivity contribution in [1.29, 1.82) is 0 Å². The van der Waals surface area contributed by atoms with Crippen molar-refractivity contribution >= 4 is 11.4 Å². The maximum absolute atomic E-state index is 5.81. The second-order valence-corrected chi connectivity index (χ2v) is 5.14. The second kappa shape index (κ2) is 6.07. The number of aryl methyl sites for hydroxylation is 1. The van der Waals surface area contributed by atoms with Crippen molar-refractivity contribution in [3.63, 3.8) is 0 Å². The Kier molecular flexibility index (Phi) is 4.44. The number of nitrogens with zero attached hydrogens (tertiary/aromatic N) is 2. The van der Waals surface area contributed by atoms with E-state index in [4.69, 9.17) is 5.73 Å². The largest absolute Gasteiger partial charge is 0.399 e. The molecule has 100 valence electrons. The molecule has 0 radical (unpaired) electrons. The van der Waals surface area contributed by atoms with Crippen molar-refractivity contribution in [2.24, 2.45) is 0 Å². The predicted octanol–water partition coefficient (Wildman–Crippen LogP) is 1.24. The van der Waals surface area contributed by atoms with Gasteiger partial charge in [0.2, 0.25) is 0 Å². The molecule has 0 unspecified atom stereocenters. The molecule has 1 aromatic rings. The van der Waals surface area contributed by atoms with Crippen LogP contribution in [0.15, 0.2) is 18.2 Å².